The Balaban J connectivity index is 2.31. The van der Waals surface area contributed by atoms with E-state index in [4.69, 9.17) is 17.3 Å². The lowest BCUT2D eigenvalue weighted by Crippen LogP contribution is -2.28. The van der Waals surface area contributed by atoms with Crippen molar-refractivity contribution in [2.75, 3.05) is 26.4 Å². The minimum atomic E-state index is 0.226. The number of nitrogens with two attached hydrogens (primary N) is 1. The van der Waals surface area contributed by atoms with Crippen LogP contribution in [-0.4, -0.2) is 37.3 Å². The highest BCUT2D eigenvalue weighted by Crippen LogP contribution is 2.26. The molecular weight excluding hydrogens is 240 g/mol. The standard InChI is InChI=1S/C12H19ClN2S/c1-15(2)8-7-10(14)9-16-12-6-4-3-5-11(12)13/h3-6,10H,7-9,14H2,1-2H3/t10-/m1/s1. The first kappa shape index (κ1) is 13.8. The van der Waals surface area contributed by atoms with Crippen molar-refractivity contribution in [3.05, 3.63) is 29.3 Å². The van der Waals surface area contributed by atoms with Crippen LogP contribution < -0.4 is 5.73 Å². The van der Waals surface area contributed by atoms with Gasteiger partial charge in [0, 0.05) is 16.7 Å². The van der Waals surface area contributed by atoms with Crippen molar-refractivity contribution in [1.29, 1.82) is 0 Å². The highest BCUT2D eigenvalue weighted by atomic mass is 35.5. The molecule has 0 fully saturated rings. The number of hydrogen-bond donors (Lipinski definition) is 1. The van der Waals surface area contributed by atoms with E-state index >= 15 is 0 Å². The molecule has 1 rings (SSSR count). The summed E-state index contributed by atoms with van der Waals surface area (Å²) >= 11 is 7.80. The summed E-state index contributed by atoms with van der Waals surface area (Å²) in [5, 5.41) is 0.812. The first-order valence-electron chi connectivity index (χ1n) is 5.37. The number of halogens is 1. The second-order valence-corrected chi connectivity index (χ2v) is 5.56. The van der Waals surface area contributed by atoms with Gasteiger partial charge in [0.25, 0.3) is 0 Å². The maximum absolute atomic E-state index is 6.07. The van der Waals surface area contributed by atoms with Crippen molar-refractivity contribution >= 4 is 23.4 Å². The summed E-state index contributed by atoms with van der Waals surface area (Å²) < 4.78 is 0. The van der Waals surface area contributed by atoms with E-state index in [2.05, 4.69) is 19.0 Å². The Labute approximate surface area is 107 Å². The lowest BCUT2D eigenvalue weighted by molar-refractivity contribution is 0.387. The topological polar surface area (TPSA) is 29.3 Å². The van der Waals surface area contributed by atoms with Crippen molar-refractivity contribution < 1.29 is 0 Å². The van der Waals surface area contributed by atoms with Crippen LogP contribution in [0.25, 0.3) is 0 Å². The van der Waals surface area contributed by atoms with Crippen molar-refractivity contribution in [2.45, 2.75) is 17.4 Å². The van der Waals surface area contributed by atoms with Crippen molar-refractivity contribution in [3.63, 3.8) is 0 Å². The van der Waals surface area contributed by atoms with Crippen molar-refractivity contribution in [2.24, 2.45) is 5.73 Å². The van der Waals surface area contributed by atoms with Gasteiger partial charge in [-0.3, -0.25) is 0 Å². The van der Waals surface area contributed by atoms with Gasteiger partial charge in [-0.1, -0.05) is 23.7 Å². The highest BCUT2D eigenvalue weighted by Gasteiger charge is 2.06. The van der Waals surface area contributed by atoms with Crippen molar-refractivity contribution in [1.82, 2.24) is 4.90 Å². The third-order valence-electron chi connectivity index (χ3n) is 2.24. The van der Waals surface area contributed by atoms with Crippen LogP contribution in [0, 0.1) is 0 Å². The SMILES string of the molecule is CN(C)CC[C@@H](N)CSc1ccccc1Cl. The van der Waals surface area contributed by atoms with Crippen LogP contribution in [0.2, 0.25) is 5.02 Å². The van der Waals surface area contributed by atoms with Crippen LogP contribution in [0.3, 0.4) is 0 Å². The number of benzene rings is 1. The van der Waals surface area contributed by atoms with Gasteiger partial charge in [0.2, 0.25) is 0 Å². The zero-order valence-corrected chi connectivity index (χ0v) is 11.4. The third kappa shape index (κ3) is 5.21. The molecule has 0 bridgehead atoms. The van der Waals surface area contributed by atoms with E-state index in [0.717, 1.165) is 28.6 Å². The van der Waals surface area contributed by atoms with Crippen molar-refractivity contribution in [3.8, 4) is 0 Å². The van der Waals surface area contributed by atoms with Gasteiger partial charge in [-0.15, -0.1) is 11.8 Å². The Morgan fingerprint density at radius 1 is 1.38 bits per heavy atom. The molecule has 0 saturated heterocycles. The fourth-order valence-corrected chi connectivity index (χ4v) is 2.51. The van der Waals surface area contributed by atoms with Crippen LogP contribution in [0.4, 0.5) is 0 Å². The summed E-state index contributed by atoms with van der Waals surface area (Å²) in [6.45, 7) is 1.03. The van der Waals surface area contributed by atoms with E-state index in [-0.39, 0.29) is 6.04 Å². The molecule has 16 heavy (non-hydrogen) atoms. The molecule has 2 nitrogen and oxygen atoms in total. The largest absolute Gasteiger partial charge is 0.327 e. The molecule has 0 aliphatic heterocycles. The fourth-order valence-electron chi connectivity index (χ4n) is 1.27. The zero-order valence-electron chi connectivity index (χ0n) is 9.82. The maximum atomic E-state index is 6.07. The molecule has 90 valence electrons. The third-order valence-corrected chi connectivity index (χ3v) is 3.94. The highest BCUT2D eigenvalue weighted by molar-refractivity contribution is 7.99. The Kier molecular flexibility index (Phi) is 6.21. The molecule has 0 heterocycles. The minimum Gasteiger partial charge on any atom is -0.327 e. The van der Waals surface area contributed by atoms with Gasteiger partial charge in [0.05, 0.1) is 5.02 Å². The van der Waals surface area contributed by atoms with E-state index in [1.54, 1.807) is 11.8 Å². The average Bonchev–Trinajstić information content (AvgIpc) is 2.25. The lowest BCUT2D eigenvalue weighted by atomic mass is 10.2. The van der Waals surface area contributed by atoms with Crippen LogP contribution in [0.15, 0.2) is 29.2 Å². The molecule has 0 amide bonds. The van der Waals surface area contributed by atoms with E-state index in [0.29, 0.717) is 0 Å². The van der Waals surface area contributed by atoms with E-state index < -0.39 is 0 Å². The van der Waals surface area contributed by atoms with Gasteiger partial charge in [0.15, 0.2) is 0 Å². The lowest BCUT2D eigenvalue weighted by Gasteiger charge is -2.15. The molecule has 0 saturated carbocycles. The molecule has 0 unspecified atom stereocenters. The predicted molar refractivity (Wildman–Crippen MR) is 73.3 cm³/mol. The summed E-state index contributed by atoms with van der Waals surface area (Å²) in [5.41, 5.74) is 6.03. The fraction of sp³-hybridized carbons (Fsp3) is 0.500. The summed E-state index contributed by atoms with van der Waals surface area (Å²) in [5.74, 6) is 0.914. The summed E-state index contributed by atoms with van der Waals surface area (Å²) in [7, 11) is 4.13. The Morgan fingerprint density at radius 2 is 2.06 bits per heavy atom. The van der Waals surface area contributed by atoms with Gasteiger partial charge in [-0.2, -0.15) is 0 Å². The van der Waals surface area contributed by atoms with Gasteiger partial charge in [-0.05, 0) is 39.2 Å². The van der Waals surface area contributed by atoms with E-state index in [1.807, 2.05) is 24.3 Å². The van der Waals surface area contributed by atoms with Gasteiger partial charge in [-0.25, -0.2) is 0 Å². The Morgan fingerprint density at radius 3 is 2.69 bits per heavy atom. The second kappa shape index (κ2) is 7.17. The smallest absolute Gasteiger partial charge is 0.0541 e. The van der Waals surface area contributed by atoms with E-state index in [9.17, 15) is 0 Å². The summed E-state index contributed by atoms with van der Waals surface area (Å²) in [6, 6.07) is 8.11. The quantitative estimate of drug-likeness (QED) is 0.796. The van der Waals surface area contributed by atoms with Gasteiger partial charge in [0.1, 0.15) is 0 Å². The maximum Gasteiger partial charge on any atom is 0.0541 e. The van der Waals surface area contributed by atoms with Crippen LogP contribution in [0.5, 0.6) is 0 Å². The molecule has 1 atom stereocenters. The number of rotatable bonds is 6. The molecule has 1 aromatic rings. The number of nitrogens with zero attached hydrogens (tertiary/aromatic N) is 1. The Bertz CT molecular complexity index is 318. The molecular formula is C12H19ClN2S. The molecule has 4 heteroatoms. The average molecular weight is 259 g/mol. The molecule has 2 N–H and O–H groups in total. The first-order chi connectivity index (χ1) is 7.59. The molecule has 0 radical (unpaired) electrons. The molecule has 1 aromatic carbocycles. The second-order valence-electron chi connectivity index (χ2n) is 4.09. The first-order valence-corrected chi connectivity index (χ1v) is 6.73. The molecule has 0 aliphatic rings. The monoisotopic (exact) mass is 258 g/mol. The zero-order chi connectivity index (χ0) is 12.0. The van der Waals surface area contributed by atoms with E-state index in [1.165, 1.54) is 0 Å². The normalized spacial score (nSPS) is 13.1. The van der Waals surface area contributed by atoms with Gasteiger partial charge >= 0.3 is 0 Å². The minimum absolute atomic E-state index is 0.226. The van der Waals surface area contributed by atoms with Gasteiger partial charge < -0.3 is 10.6 Å². The molecule has 0 spiro atoms. The predicted octanol–water partition coefficient (Wildman–Crippen LogP) is 2.71. The summed E-state index contributed by atoms with van der Waals surface area (Å²) in [4.78, 5) is 3.27. The number of thioether (sulfide) groups is 1. The van der Waals surface area contributed by atoms with Crippen LogP contribution >= 0.6 is 23.4 Å². The molecule has 0 aliphatic carbocycles. The summed E-state index contributed by atoms with van der Waals surface area (Å²) in [6.07, 6.45) is 1.02. The van der Waals surface area contributed by atoms with Crippen LogP contribution in [0.1, 0.15) is 6.42 Å². The van der Waals surface area contributed by atoms with Crippen LogP contribution in [-0.2, 0) is 0 Å². The number of hydrogen-bond acceptors (Lipinski definition) is 3. The Hall–Kier alpha value is -0.220. The molecule has 0 aromatic heterocycles.